The highest BCUT2D eigenvalue weighted by molar-refractivity contribution is 7.13. The molecule has 1 atom stereocenters. The summed E-state index contributed by atoms with van der Waals surface area (Å²) in [6.45, 7) is 10.4. The van der Waals surface area contributed by atoms with E-state index < -0.39 is 6.04 Å². The summed E-state index contributed by atoms with van der Waals surface area (Å²) >= 11 is 7.34. The first-order valence-electron chi connectivity index (χ1n) is 11.4. The fourth-order valence-corrected chi connectivity index (χ4v) is 4.69. The maximum absolute atomic E-state index is 12.8. The topological polar surface area (TPSA) is 135 Å². The van der Waals surface area contributed by atoms with Crippen LogP contribution in [0.3, 0.4) is 0 Å². The number of aromatic nitrogens is 5. The minimum Gasteiger partial charge on any atom is -0.378 e. The lowest BCUT2D eigenvalue weighted by Gasteiger charge is -2.27. The molecule has 0 bridgehead atoms. The number of carbonyl (C=O) groups is 2. The van der Waals surface area contributed by atoms with E-state index in [4.69, 9.17) is 16.3 Å². The van der Waals surface area contributed by atoms with Crippen molar-refractivity contribution in [3.05, 3.63) is 51.0 Å². The molecule has 1 aliphatic rings. The Morgan fingerprint density at radius 2 is 1.86 bits per heavy atom. The van der Waals surface area contributed by atoms with Gasteiger partial charge in [0.25, 0.3) is 11.8 Å². The van der Waals surface area contributed by atoms with Crippen LogP contribution in [0.15, 0.2) is 24.7 Å². The van der Waals surface area contributed by atoms with Gasteiger partial charge in [0.1, 0.15) is 27.7 Å². The molecule has 1 unspecified atom stereocenters. The molecule has 0 saturated carbocycles. The van der Waals surface area contributed by atoms with E-state index in [2.05, 4.69) is 35.8 Å². The van der Waals surface area contributed by atoms with Gasteiger partial charge in [-0.1, -0.05) is 32.4 Å². The number of rotatable bonds is 6. The number of nitrogens with one attached hydrogen (secondary N) is 2. The zero-order chi connectivity index (χ0) is 25.9. The van der Waals surface area contributed by atoms with Crippen molar-refractivity contribution in [3.63, 3.8) is 0 Å². The summed E-state index contributed by atoms with van der Waals surface area (Å²) in [5.41, 5.74) is 0.769. The molecule has 2 amide bonds. The maximum Gasteiger partial charge on any atom is 0.270 e. The number of morpholine rings is 1. The van der Waals surface area contributed by atoms with Crippen LogP contribution in [0.5, 0.6) is 0 Å². The highest BCUT2D eigenvalue weighted by atomic mass is 35.5. The van der Waals surface area contributed by atoms with Gasteiger partial charge in [-0.25, -0.2) is 15.0 Å². The predicted molar refractivity (Wildman–Crippen MR) is 137 cm³/mol. The fourth-order valence-electron chi connectivity index (χ4n) is 3.50. The Morgan fingerprint density at radius 3 is 2.58 bits per heavy atom. The minimum atomic E-state index is -0.436. The third-order valence-electron chi connectivity index (χ3n) is 5.48. The smallest absolute Gasteiger partial charge is 0.270 e. The van der Waals surface area contributed by atoms with E-state index in [1.807, 2.05) is 25.7 Å². The summed E-state index contributed by atoms with van der Waals surface area (Å²) in [5, 5.41) is 14.4. The van der Waals surface area contributed by atoms with Gasteiger partial charge >= 0.3 is 0 Å². The van der Waals surface area contributed by atoms with Crippen LogP contribution in [-0.4, -0.2) is 63.3 Å². The second kappa shape index (κ2) is 10.8. The normalized spacial score (nSPS) is 14.9. The number of thiazole rings is 1. The van der Waals surface area contributed by atoms with Gasteiger partial charge in [0.2, 0.25) is 0 Å². The Bertz CT molecular complexity index is 1260. The van der Waals surface area contributed by atoms with Gasteiger partial charge in [-0.2, -0.15) is 0 Å². The summed E-state index contributed by atoms with van der Waals surface area (Å²) in [5.74, 6) is 0.246. The Kier molecular flexibility index (Phi) is 7.76. The Labute approximate surface area is 217 Å². The van der Waals surface area contributed by atoms with Crippen molar-refractivity contribution in [1.29, 1.82) is 0 Å². The Balaban J connectivity index is 1.40. The SMILES string of the molecule is CC(NC(=O)c1cc(N2CCOCC2)ncn1)c1ncc(C(=O)Nc2cc(C(C)(C)C)c(Cl)nn2)s1. The first-order valence-corrected chi connectivity index (χ1v) is 12.6. The van der Waals surface area contributed by atoms with E-state index in [1.165, 1.54) is 23.9 Å². The molecule has 4 rings (SSSR count). The van der Waals surface area contributed by atoms with Crippen molar-refractivity contribution in [2.24, 2.45) is 0 Å². The van der Waals surface area contributed by atoms with Gasteiger partial charge in [-0.05, 0) is 18.4 Å². The molecular weight excluding hydrogens is 504 g/mol. The van der Waals surface area contributed by atoms with Crippen LogP contribution in [0.25, 0.3) is 0 Å². The predicted octanol–water partition coefficient (Wildman–Crippen LogP) is 3.25. The molecule has 11 nitrogen and oxygen atoms in total. The lowest BCUT2D eigenvalue weighted by atomic mass is 9.88. The van der Waals surface area contributed by atoms with Gasteiger partial charge in [0.05, 0.1) is 25.5 Å². The van der Waals surface area contributed by atoms with Crippen LogP contribution in [-0.2, 0) is 10.2 Å². The first kappa shape index (κ1) is 25.9. The third kappa shape index (κ3) is 6.12. The van der Waals surface area contributed by atoms with Gasteiger partial charge in [0, 0.05) is 24.7 Å². The standard InChI is InChI=1S/C23H27ClN8O3S/c1-13(28-20(33)15-10-18(27-12-26-15)32-5-7-35-8-6-32)22-25-11-16(36-22)21(34)29-17-9-14(23(2,3)4)19(24)31-30-17/h9-13H,5-8H2,1-4H3,(H,28,33)(H,29,30,34). The van der Waals surface area contributed by atoms with E-state index in [-0.39, 0.29) is 22.9 Å². The number of hydrogen-bond donors (Lipinski definition) is 2. The summed E-state index contributed by atoms with van der Waals surface area (Å²) in [4.78, 5) is 40.7. The van der Waals surface area contributed by atoms with E-state index >= 15 is 0 Å². The molecule has 0 aromatic carbocycles. The number of hydrogen-bond acceptors (Lipinski definition) is 10. The number of carbonyl (C=O) groups excluding carboxylic acids is 2. The van der Waals surface area contributed by atoms with Crippen LogP contribution >= 0.6 is 22.9 Å². The highest BCUT2D eigenvalue weighted by Gasteiger charge is 2.22. The third-order valence-corrected chi connectivity index (χ3v) is 6.94. The summed E-state index contributed by atoms with van der Waals surface area (Å²) in [6.07, 6.45) is 2.84. The molecule has 0 spiro atoms. The molecule has 36 heavy (non-hydrogen) atoms. The van der Waals surface area contributed by atoms with Crippen molar-refractivity contribution >= 4 is 46.4 Å². The van der Waals surface area contributed by atoms with Crippen LogP contribution in [0.2, 0.25) is 5.15 Å². The molecule has 3 aromatic heterocycles. The van der Waals surface area contributed by atoms with Crippen molar-refractivity contribution < 1.29 is 14.3 Å². The molecular formula is C23H27ClN8O3S. The average molecular weight is 531 g/mol. The zero-order valence-electron chi connectivity index (χ0n) is 20.4. The van der Waals surface area contributed by atoms with Crippen molar-refractivity contribution in [3.8, 4) is 0 Å². The Hall–Kier alpha value is -3.22. The lowest BCUT2D eigenvalue weighted by molar-refractivity contribution is 0.0934. The monoisotopic (exact) mass is 530 g/mol. The molecule has 3 aromatic rings. The van der Waals surface area contributed by atoms with Crippen LogP contribution < -0.4 is 15.5 Å². The van der Waals surface area contributed by atoms with Gasteiger partial charge < -0.3 is 20.3 Å². The quantitative estimate of drug-likeness (QED) is 0.492. The van der Waals surface area contributed by atoms with Crippen LogP contribution in [0.1, 0.15) is 64.5 Å². The molecule has 1 aliphatic heterocycles. The fraction of sp³-hybridized carbons (Fsp3) is 0.435. The number of amides is 2. The second-order valence-corrected chi connectivity index (χ2v) is 10.7. The minimum absolute atomic E-state index is 0.254. The molecule has 0 aliphatic carbocycles. The van der Waals surface area contributed by atoms with Crippen molar-refractivity contribution in [1.82, 2.24) is 30.5 Å². The van der Waals surface area contributed by atoms with Crippen LogP contribution in [0, 0.1) is 0 Å². The van der Waals surface area contributed by atoms with Gasteiger partial charge in [-0.15, -0.1) is 21.5 Å². The second-order valence-electron chi connectivity index (χ2n) is 9.26. The van der Waals surface area contributed by atoms with E-state index in [1.54, 1.807) is 19.1 Å². The molecule has 2 N–H and O–H groups in total. The summed E-state index contributed by atoms with van der Waals surface area (Å²) < 4.78 is 5.37. The Morgan fingerprint density at radius 1 is 1.11 bits per heavy atom. The maximum atomic E-state index is 12.8. The largest absolute Gasteiger partial charge is 0.378 e. The molecule has 4 heterocycles. The summed E-state index contributed by atoms with van der Waals surface area (Å²) in [7, 11) is 0. The molecule has 1 fully saturated rings. The van der Waals surface area contributed by atoms with E-state index in [9.17, 15) is 9.59 Å². The molecule has 190 valence electrons. The van der Waals surface area contributed by atoms with E-state index in [0.29, 0.717) is 53.0 Å². The van der Waals surface area contributed by atoms with E-state index in [0.717, 1.165) is 5.56 Å². The number of anilines is 2. The number of ether oxygens (including phenoxy) is 1. The zero-order valence-corrected chi connectivity index (χ0v) is 22.0. The van der Waals surface area contributed by atoms with Crippen molar-refractivity contribution in [2.75, 3.05) is 36.5 Å². The van der Waals surface area contributed by atoms with Crippen molar-refractivity contribution in [2.45, 2.75) is 39.2 Å². The molecule has 0 radical (unpaired) electrons. The molecule has 13 heteroatoms. The lowest BCUT2D eigenvalue weighted by Crippen LogP contribution is -2.37. The van der Waals surface area contributed by atoms with Gasteiger partial charge in [-0.3, -0.25) is 9.59 Å². The first-order chi connectivity index (χ1) is 17.1. The average Bonchev–Trinajstić information content (AvgIpc) is 3.36. The van der Waals surface area contributed by atoms with Crippen LogP contribution in [0.4, 0.5) is 11.6 Å². The number of nitrogens with zero attached hydrogens (tertiary/aromatic N) is 6. The summed E-state index contributed by atoms with van der Waals surface area (Å²) in [6, 6.07) is 2.94. The van der Waals surface area contributed by atoms with Gasteiger partial charge in [0.15, 0.2) is 11.0 Å². The number of halogens is 1. The highest BCUT2D eigenvalue weighted by Crippen LogP contribution is 2.29. The molecule has 1 saturated heterocycles.